The molecule has 0 aliphatic carbocycles. The fourth-order valence-electron chi connectivity index (χ4n) is 7.28. The second kappa shape index (κ2) is 15.2. The second-order valence-electron chi connectivity index (χ2n) is 14.0. The highest BCUT2D eigenvalue weighted by Crippen LogP contribution is 2.38. The number of aryl methyl sites for hydroxylation is 1. The average molecular weight is 740 g/mol. The maximum absolute atomic E-state index is 15.0. The Balaban J connectivity index is 1.42. The predicted octanol–water partition coefficient (Wildman–Crippen LogP) is 9.49. The van der Waals surface area contributed by atoms with E-state index in [0.717, 1.165) is 44.9 Å². The molecule has 0 spiro atoms. The molecule has 0 saturated heterocycles. The van der Waals surface area contributed by atoms with Gasteiger partial charge < -0.3 is 9.30 Å². The van der Waals surface area contributed by atoms with Crippen LogP contribution in [0.2, 0.25) is 0 Å². The van der Waals surface area contributed by atoms with E-state index in [1.165, 1.54) is 22.5 Å². The fraction of sp³-hybridized carbons (Fsp3) is 0.146. The number of thiazole rings is 1. The van der Waals surface area contributed by atoms with E-state index in [9.17, 15) is 9.59 Å². The molecule has 2 aromatic heterocycles. The average Bonchev–Trinajstić information content (AvgIpc) is 3.75. The highest BCUT2D eigenvalue weighted by atomic mass is 32.1. The Kier molecular flexibility index (Phi) is 9.87. The standard InChI is InChI=1S/C48H41N3O3S/c1-5-54-47(53)42-43(35-17-11-7-12-18-35)49-48-51(45(42)37-25-23-33(24-26-37)31(2)3)46(52)41(55-48)30-38-29-40(34-15-9-6-10-16-34)50(39-27-21-32(4)22-28-39)44(38)36-19-13-8-14-20-36/h6-31,45H,5H2,1-4H3/b41-30-/t45-/m0/s1. The van der Waals surface area contributed by atoms with Crippen molar-refractivity contribution in [3.05, 3.63) is 199 Å². The summed E-state index contributed by atoms with van der Waals surface area (Å²) >= 11 is 1.33. The number of fused-ring (bicyclic) bond motifs is 1. The van der Waals surface area contributed by atoms with Crippen molar-refractivity contribution < 1.29 is 9.53 Å². The van der Waals surface area contributed by atoms with Crippen molar-refractivity contribution in [2.75, 3.05) is 6.61 Å². The lowest BCUT2D eigenvalue weighted by Crippen LogP contribution is -2.40. The predicted molar refractivity (Wildman–Crippen MR) is 223 cm³/mol. The van der Waals surface area contributed by atoms with Gasteiger partial charge in [0.15, 0.2) is 4.80 Å². The van der Waals surface area contributed by atoms with E-state index in [1.807, 2.05) is 84.9 Å². The lowest BCUT2D eigenvalue weighted by Gasteiger charge is -2.26. The molecule has 0 unspecified atom stereocenters. The van der Waals surface area contributed by atoms with Crippen molar-refractivity contribution in [3.8, 4) is 28.2 Å². The molecular formula is C48H41N3O3S. The first-order valence-corrected chi connectivity index (χ1v) is 19.5. The van der Waals surface area contributed by atoms with Crippen LogP contribution in [0, 0.1) is 6.92 Å². The van der Waals surface area contributed by atoms with Gasteiger partial charge in [-0.15, -0.1) is 0 Å². The first kappa shape index (κ1) is 35.7. The Morgan fingerprint density at radius 1 is 0.800 bits per heavy atom. The van der Waals surface area contributed by atoms with Gasteiger partial charge in [-0.2, -0.15) is 0 Å². The molecule has 0 bridgehead atoms. The molecular weight excluding hydrogens is 699 g/mol. The number of nitrogens with zero attached hydrogens (tertiary/aromatic N) is 3. The third kappa shape index (κ3) is 6.83. The highest BCUT2D eigenvalue weighted by molar-refractivity contribution is 7.07. The van der Waals surface area contributed by atoms with Gasteiger partial charge in [0.25, 0.3) is 5.56 Å². The van der Waals surface area contributed by atoms with Crippen LogP contribution < -0.4 is 14.9 Å². The van der Waals surface area contributed by atoms with Crippen molar-refractivity contribution in [3.63, 3.8) is 0 Å². The van der Waals surface area contributed by atoms with E-state index in [2.05, 4.69) is 92.1 Å². The van der Waals surface area contributed by atoms with Gasteiger partial charge in [0.2, 0.25) is 0 Å². The largest absolute Gasteiger partial charge is 0.463 e. The molecule has 7 aromatic rings. The minimum Gasteiger partial charge on any atom is -0.463 e. The van der Waals surface area contributed by atoms with Crippen LogP contribution in [-0.4, -0.2) is 21.7 Å². The summed E-state index contributed by atoms with van der Waals surface area (Å²) in [6.07, 6.45) is 1.98. The minimum absolute atomic E-state index is 0.192. The van der Waals surface area contributed by atoms with Gasteiger partial charge in [-0.05, 0) is 66.3 Å². The van der Waals surface area contributed by atoms with Gasteiger partial charge in [-0.1, -0.05) is 158 Å². The molecule has 3 heterocycles. The zero-order valence-corrected chi connectivity index (χ0v) is 32.1. The summed E-state index contributed by atoms with van der Waals surface area (Å²) in [7, 11) is 0. The zero-order valence-electron chi connectivity index (χ0n) is 31.3. The van der Waals surface area contributed by atoms with Gasteiger partial charge in [-0.25, -0.2) is 9.79 Å². The maximum atomic E-state index is 15.0. The number of ether oxygens (including phenoxy) is 1. The van der Waals surface area contributed by atoms with E-state index in [4.69, 9.17) is 9.73 Å². The summed E-state index contributed by atoms with van der Waals surface area (Å²) < 4.78 is 10.2. The third-order valence-electron chi connectivity index (χ3n) is 10.0. The molecule has 7 heteroatoms. The molecule has 6 nitrogen and oxygen atoms in total. The highest BCUT2D eigenvalue weighted by Gasteiger charge is 2.35. The lowest BCUT2D eigenvalue weighted by atomic mass is 9.91. The van der Waals surface area contributed by atoms with Crippen molar-refractivity contribution in [2.24, 2.45) is 4.99 Å². The van der Waals surface area contributed by atoms with Crippen LogP contribution in [0.15, 0.2) is 161 Å². The monoisotopic (exact) mass is 739 g/mol. The zero-order chi connectivity index (χ0) is 38.1. The van der Waals surface area contributed by atoms with Crippen molar-refractivity contribution >= 4 is 29.1 Å². The molecule has 272 valence electrons. The first-order valence-electron chi connectivity index (χ1n) is 18.6. The molecule has 0 amide bonds. The Bertz CT molecular complexity index is 2710. The van der Waals surface area contributed by atoms with Crippen LogP contribution in [0.5, 0.6) is 0 Å². The summed E-state index contributed by atoms with van der Waals surface area (Å²) in [4.78, 5) is 34.6. The number of carbonyl (C=O) groups is 1. The van der Waals surface area contributed by atoms with Crippen molar-refractivity contribution in [1.82, 2.24) is 9.13 Å². The molecule has 8 rings (SSSR count). The molecule has 0 N–H and O–H groups in total. The van der Waals surface area contributed by atoms with E-state index >= 15 is 0 Å². The minimum atomic E-state index is -0.750. The number of aromatic nitrogens is 2. The second-order valence-corrected chi connectivity index (χ2v) is 15.0. The fourth-order valence-corrected chi connectivity index (χ4v) is 8.27. The van der Waals surface area contributed by atoms with Gasteiger partial charge in [0, 0.05) is 16.8 Å². The Morgan fingerprint density at radius 2 is 1.40 bits per heavy atom. The molecule has 5 aromatic carbocycles. The molecule has 55 heavy (non-hydrogen) atoms. The number of hydrogen-bond acceptors (Lipinski definition) is 5. The summed E-state index contributed by atoms with van der Waals surface area (Å²) in [6, 6.07) is 48.4. The summed E-state index contributed by atoms with van der Waals surface area (Å²) in [5.74, 6) is -0.172. The number of hydrogen-bond donors (Lipinski definition) is 0. The molecule has 0 saturated carbocycles. The van der Waals surface area contributed by atoms with Crippen LogP contribution in [0.4, 0.5) is 0 Å². The van der Waals surface area contributed by atoms with Crippen LogP contribution >= 0.6 is 11.3 Å². The van der Waals surface area contributed by atoms with E-state index < -0.39 is 12.0 Å². The summed E-state index contributed by atoms with van der Waals surface area (Å²) in [5.41, 5.74) is 10.5. The van der Waals surface area contributed by atoms with E-state index in [-0.39, 0.29) is 12.2 Å². The number of carbonyl (C=O) groups excluding carboxylic acids is 1. The van der Waals surface area contributed by atoms with Gasteiger partial charge >= 0.3 is 5.97 Å². The van der Waals surface area contributed by atoms with Crippen LogP contribution in [-0.2, 0) is 9.53 Å². The molecule has 1 aliphatic rings. The quantitative estimate of drug-likeness (QED) is 0.139. The van der Waals surface area contributed by atoms with Crippen LogP contribution in [0.1, 0.15) is 60.5 Å². The van der Waals surface area contributed by atoms with Crippen molar-refractivity contribution in [2.45, 2.75) is 39.7 Å². The number of rotatable bonds is 9. The van der Waals surface area contributed by atoms with Gasteiger partial charge in [0.05, 0.1) is 39.8 Å². The summed E-state index contributed by atoms with van der Waals surface area (Å²) in [5, 5.41) is 0. The van der Waals surface area contributed by atoms with Crippen molar-refractivity contribution in [1.29, 1.82) is 0 Å². The van der Waals surface area contributed by atoms with Crippen LogP contribution in [0.25, 0.3) is 40.0 Å². The lowest BCUT2D eigenvalue weighted by molar-refractivity contribution is -0.138. The Labute approximate surface area is 324 Å². The third-order valence-corrected chi connectivity index (χ3v) is 11.0. The van der Waals surface area contributed by atoms with E-state index in [1.54, 1.807) is 11.5 Å². The number of esters is 1. The molecule has 1 atom stereocenters. The number of benzene rings is 5. The molecule has 0 radical (unpaired) electrons. The van der Waals surface area contributed by atoms with Gasteiger partial charge in [0.1, 0.15) is 0 Å². The SMILES string of the molecule is CCOC(=O)C1=C(c2ccccc2)N=c2s/c(=C\c3cc(-c4ccccc4)n(-c4ccc(C)cc4)c3-c3ccccc3)c(=O)n2[C@H]1c1ccc(C(C)C)cc1. The Hall–Kier alpha value is -6.31. The Morgan fingerprint density at radius 3 is 2.00 bits per heavy atom. The topological polar surface area (TPSA) is 65.6 Å². The van der Waals surface area contributed by atoms with Crippen LogP contribution in [0.3, 0.4) is 0 Å². The molecule has 1 aliphatic heterocycles. The van der Waals surface area contributed by atoms with E-state index in [0.29, 0.717) is 26.5 Å². The molecule has 0 fully saturated rings. The normalized spacial score (nSPS) is 14.2. The maximum Gasteiger partial charge on any atom is 0.338 e. The smallest absolute Gasteiger partial charge is 0.338 e. The summed E-state index contributed by atoms with van der Waals surface area (Å²) in [6.45, 7) is 8.36. The first-order chi connectivity index (χ1) is 26.8. The van der Waals surface area contributed by atoms with Gasteiger partial charge in [-0.3, -0.25) is 9.36 Å².